The zero-order chi connectivity index (χ0) is 13.4. The van der Waals surface area contributed by atoms with Gasteiger partial charge >= 0.3 is 5.69 Å². The van der Waals surface area contributed by atoms with E-state index in [-0.39, 0.29) is 5.69 Å². The zero-order valence-corrected chi connectivity index (χ0v) is 9.24. The van der Waals surface area contributed by atoms with Crippen LogP contribution in [0.5, 0.6) is 0 Å². The molecule has 1 rings (SSSR count). The van der Waals surface area contributed by atoms with Crippen molar-refractivity contribution in [3.8, 4) is 0 Å². The van der Waals surface area contributed by atoms with E-state index in [0.717, 1.165) is 6.92 Å². The number of pyridine rings is 1. The van der Waals surface area contributed by atoms with E-state index in [1.54, 1.807) is 0 Å². The number of nitrogens with zero attached hydrogens (tertiary/aromatic N) is 2. The lowest BCUT2D eigenvalue weighted by Gasteiger charge is -2.07. The molecule has 0 atom stereocenters. The number of alkyl halides is 2. The summed E-state index contributed by atoms with van der Waals surface area (Å²) >= 11 is 0. The highest BCUT2D eigenvalue weighted by molar-refractivity contribution is 7.89. The number of sulfonamides is 1. The van der Waals surface area contributed by atoms with Crippen molar-refractivity contribution < 1.29 is 22.1 Å². The Kier molecular flexibility index (Phi) is 3.38. The van der Waals surface area contributed by atoms with E-state index in [1.165, 1.54) is 0 Å². The van der Waals surface area contributed by atoms with Gasteiger partial charge in [0.1, 0.15) is 5.56 Å². The highest BCUT2D eigenvalue weighted by Crippen LogP contribution is 2.35. The molecule has 1 aromatic rings. The van der Waals surface area contributed by atoms with Crippen LogP contribution in [0.15, 0.2) is 11.1 Å². The largest absolute Gasteiger partial charge is 0.301 e. The van der Waals surface area contributed by atoms with Gasteiger partial charge in [-0.05, 0) is 6.92 Å². The summed E-state index contributed by atoms with van der Waals surface area (Å²) < 4.78 is 47.3. The summed E-state index contributed by atoms with van der Waals surface area (Å²) in [5.74, 6) is 0. The second-order valence-corrected chi connectivity index (χ2v) is 4.60. The molecule has 0 aliphatic carbocycles. The van der Waals surface area contributed by atoms with E-state index < -0.39 is 37.5 Å². The molecule has 7 nitrogen and oxygen atoms in total. The molecule has 0 fully saturated rings. The van der Waals surface area contributed by atoms with Gasteiger partial charge in [0.05, 0.1) is 16.8 Å². The van der Waals surface area contributed by atoms with Gasteiger partial charge in [0.15, 0.2) is 4.90 Å². The Morgan fingerprint density at radius 2 is 2.06 bits per heavy atom. The fourth-order valence-corrected chi connectivity index (χ4v) is 1.90. The quantitative estimate of drug-likeness (QED) is 0.644. The van der Waals surface area contributed by atoms with Crippen LogP contribution >= 0.6 is 0 Å². The molecular weight excluding hydrogens is 260 g/mol. The molecule has 1 heterocycles. The molecule has 0 aliphatic heterocycles. The van der Waals surface area contributed by atoms with E-state index in [2.05, 4.69) is 4.98 Å². The maximum absolute atomic E-state index is 12.6. The minimum Gasteiger partial charge on any atom is -0.259 e. The fourth-order valence-electron chi connectivity index (χ4n) is 1.25. The number of halogens is 2. The molecular formula is C7H7F2N3O4S. The van der Waals surface area contributed by atoms with E-state index in [9.17, 15) is 27.3 Å². The van der Waals surface area contributed by atoms with Crippen LogP contribution in [0.1, 0.15) is 17.7 Å². The first kappa shape index (κ1) is 13.4. The maximum atomic E-state index is 12.6. The lowest BCUT2D eigenvalue weighted by molar-refractivity contribution is -0.389. The molecule has 0 aromatic carbocycles. The van der Waals surface area contributed by atoms with Crippen molar-refractivity contribution in [2.45, 2.75) is 18.2 Å². The number of aryl methyl sites for hydroxylation is 1. The maximum Gasteiger partial charge on any atom is 0.301 e. The number of hydrogen-bond donors (Lipinski definition) is 1. The third kappa shape index (κ3) is 2.53. The monoisotopic (exact) mass is 267 g/mol. The summed E-state index contributed by atoms with van der Waals surface area (Å²) in [5, 5.41) is 15.4. The summed E-state index contributed by atoms with van der Waals surface area (Å²) in [7, 11) is -4.49. The highest BCUT2D eigenvalue weighted by Gasteiger charge is 2.33. The Hall–Kier alpha value is -1.68. The number of aromatic nitrogens is 1. The van der Waals surface area contributed by atoms with Crippen molar-refractivity contribution in [1.29, 1.82) is 0 Å². The van der Waals surface area contributed by atoms with Crippen LogP contribution in [-0.2, 0) is 10.0 Å². The molecule has 0 amide bonds. The molecule has 0 spiro atoms. The number of nitro groups is 1. The summed E-state index contributed by atoms with van der Waals surface area (Å²) in [5.41, 5.74) is -2.59. The Bertz CT molecular complexity index is 573. The van der Waals surface area contributed by atoms with Gasteiger partial charge in [-0.1, -0.05) is 0 Å². The lowest BCUT2D eigenvalue weighted by Crippen LogP contribution is -2.16. The number of nitrogens with two attached hydrogens (primary N) is 1. The minimum atomic E-state index is -4.49. The van der Waals surface area contributed by atoms with E-state index in [0.29, 0.717) is 6.20 Å². The zero-order valence-electron chi connectivity index (χ0n) is 8.42. The average molecular weight is 267 g/mol. The van der Waals surface area contributed by atoms with Crippen molar-refractivity contribution in [3.63, 3.8) is 0 Å². The number of rotatable bonds is 3. The van der Waals surface area contributed by atoms with Crippen molar-refractivity contribution in [1.82, 2.24) is 4.98 Å². The Morgan fingerprint density at radius 1 is 1.53 bits per heavy atom. The van der Waals surface area contributed by atoms with Crippen molar-refractivity contribution in [2.24, 2.45) is 5.14 Å². The molecule has 0 bridgehead atoms. The molecule has 94 valence electrons. The van der Waals surface area contributed by atoms with Crippen LogP contribution in [0.3, 0.4) is 0 Å². The third-order valence-corrected chi connectivity index (χ3v) is 2.87. The summed E-state index contributed by atoms with van der Waals surface area (Å²) in [6, 6.07) is 0. The van der Waals surface area contributed by atoms with Gasteiger partial charge in [-0.3, -0.25) is 15.1 Å². The topological polar surface area (TPSA) is 116 Å². The van der Waals surface area contributed by atoms with E-state index in [4.69, 9.17) is 5.14 Å². The van der Waals surface area contributed by atoms with Crippen LogP contribution in [0.2, 0.25) is 0 Å². The molecule has 10 heteroatoms. The predicted molar refractivity (Wildman–Crippen MR) is 52.0 cm³/mol. The molecule has 0 saturated heterocycles. The van der Waals surface area contributed by atoms with E-state index in [1.807, 2.05) is 0 Å². The number of hydrogen-bond acceptors (Lipinski definition) is 5. The Morgan fingerprint density at radius 3 is 2.41 bits per heavy atom. The van der Waals surface area contributed by atoms with Crippen LogP contribution in [-0.4, -0.2) is 18.3 Å². The van der Waals surface area contributed by atoms with Gasteiger partial charge < -0.3 is 0 Å². The first-order valence-electron chi connectivity index (χ1n) is 4.11. The standard InChI is InChI=1S/C7H7F2N3O4S/c1-3-5(7(8)9)6(12(13)14)4(2-11-3)17(10,15)16/h2,7H,1H3,(H2,10,15,16). The van der Waals surface area contributed by atoms with Crippen LogP contribution < -0.4 is 5.14 Å². The fraction of sp³-hybridized carbons (Fsp3) is 0.286. The molecule has 0 unspecified atom stereocenters. The van der Waals surface area contributed by atoms with Gasteiger partial charge in [0.25, 0.3) is 6.43 Å². The normalized spacial score (nSPS) is 11.8. The van der Waals surface area contributed by atoms with Gasteiger partial charge in [0, 0.05) is 0 Å². The summed E-state index contributed by atoms with van der Waals surface area (Å²) in [6.45, 7) is 1.11. The van der Waals surface area contributed by atoms with Gasteiger partial charge in [0.2, 0.25) is 10.0 Å². The summed E-state index contributed by atoms with van der Waals surface area (Å²) in [4.78, 5) is 11.8. The van der Waals surface area contributed by atoms with Crippen LogP contribution in [0, 0.1) is 17.0 Å². The van der Waals surface area contributed by atoms with Gasteiger partial charge in [-0.2, -0.15) is 0 Å². The Labute approximate surface area is 94.5 Å². The molecule has 2 N–H and O–H groups in total. The summed E-state index contributed by atoms with van der Waals surface area (Å²) in [6.07, 6.45) is -2.63. The second kappa shape index (κ2) is 4.30. The van der Waals surface area contributed by atoms with E-state index >= 15 is 0 Å². The second-order valence-electron chi connectivity index (χ2n) is 3.07. The Balaban J connectivity index is 3.78. The first-order valence-corrected chi connectivity index (χ1v) is 5.65. The minimum absolute atomic E-state index is 0.320. The smallest absolute Gasteiger partial charge is 0.259 e. The van der Waals surface area contributed by atoms with Crippen molar-refractivity contribution >= 4 is 15.7 Å². The molecule has 1 aromatic heterocycles. The van der Waals surface area contributed by atoms with Gasteiger partial charge in [-0.15, -0.1) is 0 Å². The van der Waals surface area contributed by atoms with Crippen molar-refractivity contribution in [3.05, 3.63) is 27.6 Å². The molecule has 0 saturated carbocycles. The third-order valence-electron chi connectivity index (χ3n) is 1.96. The number of primary sulfonamides is 1. The predicted octanol–water partition coefficient (Wildman–Crippen LogP) is 0.883. The molecule has 0 aliphatic rings. The lowest BCUT2D eigenvalue weighted by atomic mass is 10.2. The van der Waals surface area contributed by atoms with Gasteiger partial charge in [-0.25, -0.2) is 22.3 Å². The van der Waals surface area contributed by atoms with Crippen LogP contribution in [0.25, 0.3) is 0 Å². The van der Waals surface area contributed by atoms with Crippen LogP contribution in [0.4, 0.5) is 14.5 Å². The highest BCUT2D eigenvalue weighted by atomic mass is 32.2. The average Bonchev–Trinajstić information content (AvgIpc) is 2.14. The molecule has 17 heavy (non-hydrogen) atoms. The molecule has 0 radical (unpaired) electrons. The van der Waals surface area contributed by atoms with Crippen molar-refractivity contribution in [2.75, 3.05) is 0 Å². The SMILES string of the molecule is Cc1ncc(S(N)(=O)=O)c([N+](=O)[O-])c1C(F)F. The first-order chi connectivity index (χ1) is 7.66.